The second kappa shape index (κ2) is 7.24. The van der Waals surface area contributed by atoms with Gasteiger partial charge in [0.05, 0.1) is 12.7 Å². The third kappa shape index (κ3) is 4.43. The molecule has 21 heavy (non-hydrogen) atoms. The molecule has 0 bridgehead atoms. The molecule has 6 heteroatoms. The molecule has 1 fully saturated rings. The fraction of sp³-hybridized carbons (Fsp3) is 0.600. The summed E-state index contributed by atoms with van der Waals surface area (Å²) in [6, 6.07) is 7.30. The first-order valence-electron chi connectivity index (χ1n) is 7.09. The lowest BCUT2D eigenvalue weighted by Gasteiger charge is -2.36. The molecule has 1 aliphatic rings. The van der Waals surface area contributed by atoms with Gasteiger partial charge < -0.3 is 9.84 Å². The predicted octanol–water partition coefficient (Wildman–Crippen LogP) is 2.59. The van der Waals surface area contributed by atoms with Crippen molar-refractivity contribution in [1.82, 2.24) is 4.90 Å². The van der Waals surface area contributed by atoms with Crippen molar-refractivity contribution in [1.29, 1.82) is 0 Å². The van der Waals surface area contributed by atoms with Crippen LogP contribution < -0.4 is 0 Å². The third-order valence-corrected chi connectivity index (χ3v) is 3.66. The van der Waals surface area contributed by atoms with Crippen LogP contribution in [0.4, 0.5) is 13.2 Å². The number of hydrogen-bond donors (Lipinski definition) is 1. The van der Waals surface area contributed by atoms with E-state index in [1.807, 2.05) is 6.07 Å². The number of hydrogen-bond acceptors (Lipinski definition) is 3. The third-order valence-electron chi connectivity index (χ3n) is 3.66. The van der Waals surface area contributed by atoms with E-state index in [-0.39, 0.29) is 19.7 Å². The van der Waals surface area contributed by atoms with Crippen LogP contribution in [0.25, 0.3) is 0 Å². The van der Waals surface area contributed by atoms with Crippen molar-refractivity contribution in [3.63, 3.8) is 0 Å². The van der Waals surface area contributed by atoms with Gasteiger partial charge in [-0.2, -0.15) is 13.2 Å². The second-order valence-corrected chi connectivity index (χ2v) is 5.22. The summed E-state index contributed by atoms with van der Waals surface area (Å²) in [5.41, 5.74) is 0.790. The van der Waals surface area contributed by atoms with Gasteiger partial charge in [-0.1, -0.05) is 30.3 Å². The molecule has 0 aliphatic carbocycles. The molecule has 1 heterocycles. The van der Waals surface area contributed by atoms with Gasteiger partial charge in [-0.05, 0) is 18.4 Å². The van der Waals surface area contributed by atoms with Crippen LogP contribution in [-0.2, 0) is 11.3 Å². The molecule has 2 unspecified atom stereocenters. The molecule has 3 nitrogen and oxygen atoms in total. The summed E-state index contributed by atoms with van der Waals surface area (Å²) in [6.07, 6.45) is -4.17. The monoisotopic (exact) mass is 303 g/mol. The number of aliphatic hydroxyl groups is 1. The molecule has 2 atom stereocenters. The standard InChI is InChI=1S/C15H20F3NO2/c16-15(17,18)14(13-7-4-10-21-13)19(8-9-20)11-12-5-2-1-3-6-12/h1-3,5-6,13-14,20H,4,7-11H2. The van der Waals surface area contributed by atoms with E-state index in [2.05, 4.69) is 0 Å². The molecular weight excluding hydrogens is 283 g/mol. The van der Waals surface area contributed by atoms with E-state index in [1.165, 1.54) is 4.90 Å². The number of alkyl halides is 3. The average molecular weight is 303 g/mol. The molecule has 2 rings (SSSR count). The van der Waals surface area contributed by atoms with Crippen molar-refractivity contribution < 1.29 is 23.0 Å². The molecular formula is C15H20F3NO2. The maximum absolute atomic E-state index is 13.4. The van der Waals surface area contributed by atoms with Gasteiger partial charge in [-0.25, -0.2) is 0 Å². The number of nitrogens with zero attached hydrogens (tertiary/aromatic N) is 1. The normalized spacial score (nSPS) is 20.9. The number of rotatable bonds is 6. The molecule has 1 aromatic carbocycles. The fourth-order valence-electron chi connectivity index (χ4n) is 2.77. The summed E-state index contributed by atoms with van der Waals surface area (Å²) in [6.45, 7) is 0.173. The Bertz CT molecular complexity index is 419. The summed E-state index contributed by atoms with van der Waals surface area (Å²) in [4.78, 5) is 1.27. The van der Waals surface area contributed by atoms with Crippen LogP contribution in [0.15, 0.2) is 30.3 Å². The average Bonchev–Trinajstić information content (AvgIpc) is 2.92. The van der Waals surface area contributed by atoms with Gasteiger partial charge in [0.2, 0.25) is 0 Å². The fourth-order valence-corrected chi connectivity index (χ4v) is 2.77. The Hall–Kier alpha value is -1.11. The first-order chi connectivity index (χ1) is 10.0. The van der Waals surface area contributed by atoms with Crippen LogP contribution in [0.1, 0.15) is 18.4 Å². The Morgan fingerprint density at radius 2 is 2.00 bits per heavy atom. The van der Waals surface area contributed by atoms with Gasteiger partial charge in [0, 0.05) is 19.7 Å². The maximum Gasteiger partial charge on any atom is 0.406 e. The molecule has 1 saturated heterocycles. The Labute approximate surface area is 122 Å². The molecule has 0 aromatic heterocycles. The van der Waals surface area contributed by atoms with Crippen molar-refractivity contribution in [3.8, 4) is 0 Å². The lowest BCUT2D eigenvalue weighted by Crippen LogP contribution is -2.53. The first kappa shape index (κ1) is 16.3. The Balaban J connectivity index is 2.19. The number of aliphatic hydroxyl groups excluding tert-OH is 1. The zero-order chi connectivity index (χ0) is 15.3. The highest BCUT2D eigenvalue weighted by Crippen LogP contribution is 2.33. The van der Waals surface area contributed by atoms with Gasteiger partial charge in [-0.3, -0.25) is 4.90 Å². The lowest BCUT2D eigenvalue weighted by atomic mass is 10.0. The minimum atomic E-state index is -4.38. The largest absolute Gasteiger partial charge is 0.406 e. The number of halogens is 3. The van der Waals surface area contributed by atoms with Gasteiger partial charge >= 0.3 is 6.18 Å². The Morgan fingerprint density at radius 1 is 1.29 bits per heavy atom. The van der Waals surface area contributed by atoms with Gasteiger partial charge in [0.15, 0.2) is 0 Å². The molecule has 1 aliphatic heterocycles. The van der Waals surface area contributed by atoms with Crippen molar-refractivity contribution >= 4 is 0 Å². The van der Waals surface area contributed by atoms with Crippen molar-refractivity contribution in [3.05, 3.63) is 35.9 Å². The predicted molar refractivity (Wildman–Crippen MR) is 72.8 cm³/mol. The lowest BCUT2D eigenvalue weighted by molar-refractivity contribution is -0.212. The van der Waals surface area contributed by atoms with Crippen LogP contribution in [0.5, 0.6) is 0 Å². The SMILES string of the molecule is OCCN(Cc1ccccc1)C(C1CCCO1)C(F)(F)F. The minimum absolute atomic E-state index is 0.0288. The molecule has 0 spiro atoms. The highest BCUT2D eigenvalue weighted by Gasteiger charge is 2.49. The van der Waals surface area contributed by atoms with E-state index in [9.17, 15) is 13.2 Å². The highest BCUT2D eigenvalue weighted by atomic mass is 19.4. The second-order valence-electron chi connectivity index (χ2n) is 5.22. The van der Waals surface area contributed by atoms with E-state index in [4.69, 9.17) is 9.84 Å². The van der Waals surface area contributed by atoms with Gasteiger partial charge in [-0.15, -0.1) is 0 Å². The number of benzene rings is 1. The first-order valence-corrected chi connectivity index (χ1v) is 7.09. The summed E-state index contributed by atoms with van der Waals surface area (Å²) < 4.78 is 45.6. The van der Waals surface area contributed by atoms with Gasteiger partial charge in [0.25, 0.3) is 0 Å². The van der Waals surface area contributed by atoms with E-state index < -0.39 is 18.3 Å². The molecule has 1 N–H and O–H groups in total. The molecule has 0 saturated carbocycles. The highest BCUT2D eigenvalue weighted by molar-refractivity contribution is 5.15. The van der Waals surface area contributed by atoms with E-state index >= 15 is 0 Å². The Morgan fingerprint density at radius 3 is 2.52 bits per heavy atom. The summed E-state index contributed by atoms with van der Waals surface area (Å²) >= 11 is 0. The smallest absolute Gasteiger partial charge is 0.395 e. The summed E-state index contributed by atoms with van der Waals surface area (Å²) in [5.74, 6) is 0. The van der Waals surface area contributed by atoms with Crippen molar-refractivity contribution in [2.75, 3.05) is 19.8 Å². The van der Waals surface area contributed by atoms with Gasteiger partial charge in [0.1, 0.15) is 6.04 Å². The number of ether oxygens (including phenoxy) is 1. The van der Waals surface area contributed by atoms with Crippen molar-refractivity contribution in [2.45, 2.75) is 37.7 Å². The van der Waals surface area contributed by atoms with Crippen LogP contribution in [0, 0.1) is 0 Å². The summed E-state index contributed by atoms with van der Waals surface area (Å²) in [7, 11) is 0. The van der Waals surface area contributed by atoms with Crippen LogP contribution in [0.3, 0.4) is 0 Å². The van der Waals surface area contributed by atoms with Crippen molar-refractivity contribution in [2.24, 2.45) is 0 Å². The Kier molecular flexibility index (Phi) is 5.61. The van der Waals surface area contributed by atoms with E-state index in [1.54, 1.807) is 24.3 Å². The summed E-state index contributed by atoms with van der Waals surface area (Å²) in [5, 5.41) is 9.12. The van der Waals surface area contributed by atoms with Crippen LogP contribution >= 0.6 is 0 Å². The van der Waals surface area contributed by atoms with Crippen LogP contribution in [-0.4, -0.2) is 48.1 Å². The van der Waals surface area contributed by atoms with E-state index in [0.717, 1.165) is 5.56 Å². The quantitative estimate of drug-likeness (QED) is 0.877. The molecule has 0 amide bonds. The zero-order valence-corrected chi connectivity index (χ0v) is 11.7. The topological polar surface area (TPSA) is 32.7 Å². The maximum atomic E-state index is 13.4. The zero-order valence-electron chi connectivity index (χ0n) is 11.7. The van der Waals surface area contributed by atoms with Crippen LogP contribution in [0.2, 0.25) is 0 Å². The minimum Gasteiger partial charge on any atom is -0.395 e. The molecule has 118 valence electrons. The molecule has 1 aromatic rings. The van der Waals surface area contributed by atoms with E-state index in [0.29, 0.717) is 19.4 Å². The molecule has 0 radical (unpaired) electrons.